The van der Waals surface area contributed by atoms with E-state index in [4.69, 9.17) is 11.6 Å². The van der Waals surface area contributed by atoms with Gasteiger partial charge in [-0.05, 0) is 16.5 Å². The number of nitrogens with zero attached hydrogens (tertiary/aromatic N) is 4. The van der Waals surface area contributed by atoms with Crippen molar-refractivity contribution in [2.24, 2.45) is 0 Å². The van der Waals surface area contributed by atoms with Gasteiger partial charge in [0.2, 0.25) is 0 Å². The zero-order chi connectivity index (χ0) is 11.7. The minimum atomic E-state index is -0.582. The van der Waals surface area contributed by atoms with Gasteiger partial charge in [-0.15, -0.1) is 0 Å². The molecule has 1 aromatic carbocycles. The molecule has 0 atom stereocenters. The molecule has 1 heterocycles. The lowest BCUT2D eigenvalue weighted by molar-refractivity contribution is -0.384. The molecular formula is C7H4ClN5O3. The van der Waals surface area contributed by atoms with Crippen LogP contribution in [0.5, 0.6) is 0 Å². The number of halogens is 1. The highest BCUT2D eigenvalue weighted by molar-refractivity contribution is 6.32. The third-order valence-corrected chi connectivity index (χ3v) is 2.15. The van der Waals surface area contributed by atoms with Gasteiger partial charge in [0, 0.05) is 12.1 Å². The number of nitrogens with one attached hydrogen (secondary N) is 1. The number of hydrogen-bond donors (Lipinski definition) is 1. The molecule has 0 amide bonds. The Bertz CT molecular complexity index is 604. The fourth-order valence-electron chi connectivity index (χ4n) is 1.14. The maximum atomic E-state index is 11.2. The Balaban J connectivity index is 2.57. The summed E-state index contributed by atoms with van der Waals surface area (Å²) >= 11 is 5.79. The van der Waals surface area contributed by atoms with E-state index in [1.54, 1.807) is 0 Å². The third-order valence-electron chi connectivity index (χ3n) is 1.84. The molecule has 2 aromatic rings. The second-order valence-corrected chi connectivity index (χ2v) is 3.22. The van der Waals surface area contributed by atoms with E-state index in [-0.39, 0.29) is 16.4 Å². The summed E-state index contributed by atoms with van der Waals surface area (Å²) in [5, 5.41) is 19.3. The zero-order valence-electron chi connectivity index (χ0n) is 7.62. The molecule has 2 rings (SSSR count). The van der Waals surface area contributed by atoms with Crippen LogP contribution in [0.1, 0.15) is 0 Å². The van der Waals surface area contributed by atoms with Gasteiger partial charge in [-0.1, -0.05) is 11.6 Å². The van der Waals surface area contributed by atoms with E-state index in [1.807, 2.05) is 0 Å². The van der Waals surface area contributed by atoms with Crippen molar-refractivity contribution in [1.82, 2.24) is 20.2 Å². The van der Waals surface area contributed by atoms with Crippen molar-refractivity contribution in [2.45, 2.75) is 0 Å². The normalized spacial score (nSPS) is 10.3. The van der Waals surface area contributed by atoms with Crippen molar-refractivity contribution in [3.63, 3.8) is 0 Å². The molecule has 8 nitrogen and oxygen atoms in total. The predicted octanol–water partition coefficient (Wildman–Crippen LogP) is 0.517. The largest absolute Gasteiger partial charge is 0.365 e. The standard InChI is InChI=1S/C7H4ClN5O3/c8-5-3-4(13(15)16)1-2-6(5)12-7(14)9-10-11-12/h1-3H,(H,9,11,14). The first kappa shape index (κ1) is 10.3. The molecule has 0 aliphatic heterocycles. The molecule has 0 spiro atoms. The lowest BCUT2D eigenvalue weighted by atomic mass is 10.3. The second kappa shape index (κ2) is 3.74. The summed E-state index contributed by atoms with van der Waals surface area (Å²) in [5.74, 6) is 0. The average molecular weight is 242 g/mol. The topological polar surface area (TPSA) is 107 Å². The van der Waals surface area contributed by atoms with Crippen LogP contribution >= 0.6 is 11.6 Å². The monoisotopic (exact) mass is 241 g/mol. The van der Waals surface area contributed by atoms with Crippen molar-refractivity contribution < 1.29 is 4.92 Å². The minimum Gasteiger partial charge on any atom is -0.258 e. The Morgan fingerprint density at radius 2 is 2.25 bits per heavy atom. The molecule has 0 bridgehead atoms. The smallest absolute Gasteiger partial charge is 0.258 e. The summed E-state index contributed by atoms with van der Waals surface area (Å²) in [7, 11) is 0. The Kier molecular flexibility index (Phi) is 2.41. The van der Waals surface area contributed by atoms with E-state index >= 15 is 0 Å². The van der Waals surface area contributed by atoms with Crippen molar-refractivity contribution in [3.05, 3.63) is 43.8 Å². The van der Waals surface area contributed by atoms with Crippen LogP contribution in [0.15, 0.2) is 23.0 Å². The quantitative estimate of drug-likeness (QED) is 0.609. The summed E-state index contributed by atoms with van der Waals surface area (Å²) < 4.78 is 0.909. The van der Waals surface area contributed by atoms with E-state index < -0.39 is 10.6 Å². The number of tetrazole rings is 1. The zero-order valence-corrected chi connectivity index (χ0v) is 8.38. The van der Waals surface area contributed by atoms with Gasteiger partial charge in [0.05, 0.1) is 15.6 Å². The van der Waals surface area contributed by atoms with Crippen LogP contribution in [0, 0.1) is 10.1 Å². The molecule has 0 saturated heterocycles. The molecule has 0 fully saturated rings. The first-order chi connectivity index (χ1) is 7.59. The molecule has 0 saturated carbocycles. The van der Waals surface area contributed by atoms with Crippen LogP contribution in [0.3, 0.4) is 0 Å². The summed E-state index contributed by atoms with van der Waals surface area (Å²) in [6, 6.07) is 3.69. The summed E-state index contributed by atoms with van der Waals surface area (Å²) in [6.45, 7) is 0. The molecule has 9 heteroatoms. The van der Waals surface area contributed by atoms with Gasteiger partial charge in [0.1, 0.15) is 0 Å². The lowest BCUT2D eigenvalue weighted by Crippen LogP contribution is -2.16. The number of aromatic nitrogens is 4. The molecule has 16 heavy (non-hydrogen) atoms. The molecule has 0 aliphatic rings. The van der Waals surface area contributed by atoms with Gasteiger partial charge in [-0.2, -0.15) is 4.68 Å². The van der Waals surface area contributed by atoms with Crippen molar-refractivity contribution in [2.75, 3.05) is 0 Å². The number of rotatable bonds is 2. The molecule has 0 aliphatic carbocycles. The van der Waals surface area contributed by atoms with E-state index in [0.717, 1.165) is 10.7 Å². The highest BCUT2D eigenvalue weighted by Crippen LogP contribution is 2.23. The number of H-pyrrole nitrogens is 1. The van der Waals surface area contributed by atoms with Crippen LogP contribution in [0.25, 0.3) is 5.69 Å². The van der Waals surface area contributed by atoms with Crippen molar-refractivity contribution in [3.8, 4) is 5.69 Å². The third kappa shape index (κ3) is 1.65. The van der Waals surface area contributed by atoms with E-state index in [9.17, 15) is 14.9 Å². The van der Waals surface area contributed by atoms with Crippen LogP contribution in [-0.4, -0.2) is 25.1 Å². The molecule has 82 valence electrons. The Morgan fingerprint density at radius 3 is 2.75 bits per heavy atom. The summed E-state index contributed by atoms with van der Waals surface area (Å²) in [6.07, 6.45) is 0. The molecule has 0 radical (unpaired) electrons. The first-order valence-electron chi connectivity index (χ1n) is 4.04. The van der Waals surface area contributed by atoms with Gasteiger partial charge >= 0.3 is 5.69 Å². The highest BCUT2D eigenvalue weighted by Gasteiger charge is 2.12. The van der Waals surface area contributed by atoms with Crippen LogP contribution in [-0.2, 0) is 0 Å². The molecule has 1 N–H and O–H groups in total. The van der Waals surface area contributed by atoms with Crippen molar-refractivity contribution in [1.29, 1.82) is 0 Å². The predicted molar refractivity (Wildman–Crippen MR) is 53.6 cm³/mol. The van der Waals surface area contributed by atoms with E-state index in [0.29, 0.717) is 0 Å². The minimum absolute atomic E-state index is 0.0465. The first-order valence-corrected chi connectivity index (χ1v) is 4.42. The number of benzene rings is 1. The molecule has 1 aromatic heterocycles. The molecule has 0 unspecified atom stereocenters. The molecular weight excluding hydrogens is 238 g/mol. The fraction of sp³-hybridized carbons (Fsp3) is 0. The Labute approximate surface area is 92.6 Å². The number of hydrogen-bond acceptors (Lipinski definition) is 5. The maximum absolute atomic E-state index is 11.2. The van der Waals surface area contributed by atoms with Gasteiger partial charge in [0.15, 0.2) is 0 Å². The van der Waals surface area contributed by atoms with Crippen molar-refractivity contribution >= 4 is 17.3 Å². The SMILES string of the molecule is O=c1[nH]nnn1-c1ccc([N+](=O)[O-])cc1Cl. The number of nitro groups is 1. The van der Waals surface area contributed by atoms with Gasteiger partial charge < -0.3 is 0 Å². The van der Waals surface area contributed by atoms with Gasteiger partial charge in [0.25, 0.3) is 5.69 Å². The summed E-state index contributed by atoms with van der Waals surface area (Å²) in [5.41, 5.74) is -0.507. The lowest BCUT2D eigenvalue weighted by Gasteiger charge is -2.00. The number of nitro benzene ring substituents is 1. The maximum Gasteiger partial charge on any atom is 0.365 e. The fourth-order valence-corrected chi connectivity index (χ4v) is 1.39. The van der Waals surface area contributed by atoms with Gasteiger partial charge in [-0.25, -0.2) is 9.89 Å². The van der Waals surface area contributed by atoms with E-state index in [2.05, 4.69) is 15.5 Å². The van der Waals surface area contributed by atoms with Crippen LogP contribution < -0.4 is 5.69 Å². The van der Waals surface area contributed by atoms with Gasteiger partial charge in [-0.3, -0.25) is 10.1 Å². The average Bonchev–Trinajstić information content (AvgIpc) is 2.64. The van der Waals surface area contributed by atoms with E-state index in [1.165, 1.54) is 12.1 Å². The summed E-state index contributed by atoms with van der Waals surface area (Å²) in [4.78, 5) is 21.1. The second-order valence-electron chi connectivity index (χ2n) is 2.81. The number of aromatic amines is 1. The Hall–Kier alpha value is -2.22. The van der Waals surface area contributed by atoms with Crippen LogP contribution in [0.4, 0.5) is 5.69 Å². The number of non-ortho nitro benzene ring substituents is 1. The highest BCUT2D eigenvalue weighted by atomic mass is 35.5. The van der Waals surface area contributed by atoms with Crippen LogP contribution in [0.2, 0.25) is 5.02 Å². The Morgan fingerprint density at radius 1 is 1.50 bits per heavy atom.